The van der Waals surface area contributed by atoms with E-state index < -0.39 is 97.5 Å². The maximum atomic E-state index is 14.4. The average molecular weight is 1250 g/mol. The second-order valence-corrected chi connectivity index (χ2v) is 31.0. The fourth-order valence-electron chi connectivity index (χ4n) is 21.1. The van der Waals surface area contributed by atoms with Gasteiger partial charge in [0.2, 0.25) is 18.1 Å². The highest BCUT2D eigenvalue weighted by Gasteiger charge is 2.68. The molecule has 15 N–H and O–H groups in total. The van der Waals surface area contributed by atoms with Crippen molar-refractivity contribution in [2.45, 2.75) is 263 Å². The van der Waals surface area contributed by atoms with Crippen molar-refractivity contribution in [1.29, 1.82) is 0 Å². The summed E-state index contributed by atoms with van der Waals surface area (Å²) >= 11 is 0. The van der Waals surface area contributed by atoms with Crippen LogP contribution in [0.5, 0.6) is 0 Å². The van der Waals surface area contributed by atoms with E-state index in [-0.39, 0.29) is 144 Å². The lowest BCUT2D eigenvalue weighted by Gasteiger charge is -2.63. The molecule has 0 radical (unpaired) electrons. The van der Waals surface area contributed by atoms with Crippen LogP contribution in [0, 0.1) is 98.6 Å². The number of nitrogens with zero attached hydrogens (tertiary/aromatic N) is 1. The normalized spacial score (nSPS) is 45.8. The maximum absolute atomic E-state index is 14.4. The summed E-state index contributed by atoms with van der Waals surface area (Å²) in [7, 11) is 0. The van der Waals surface area contributed by atoms with Gasteiger partial charge in [-0.15, -0.1) is 0 Å². The maximum Gasteiger partial charge on any atom is 0.251 e. The lowest BCUT2D eigenvalue weighted by Crippen LogP contribution is -2.62. The molecule has 0 aromatic carbocycles. The van der Waals surface area contributed by atoms with Crippen molar-refractivity contribution in [2.75, 3.05) is 32.8 Å². The van der Waals surface area contributed by atoms with E-state index in [1.54, 1.807) is 4.90 Å². The molecule has 9 fully saturated rings. The number of amides is 3. The molecule has 1 saturated heterocycles. The minimum absolute atomic E-state index is 0.0190. The molecule has 9 aliphatic rings. The van der Waals surface area contributed by atoms with Crippen LogP contribution in [0.25, 0.3) is 0 Å². The van der Waals surface area contributed by atoms with Crippen molar-refractivity contribution in [3.8, 4) is 0 Å². The van der Waals surface area contributed by atoms with Gasteiger partial charge in [-0.3, -0.25) is 14.4 Å². The van der Waals surface area contributed by atoms with Gasteiger partial charge in [-0.05, 0) is 208 Å². The Morgan fingerprint density at radius 2 is 1.08 bits per heavy atom. The number of hydrogen-bond acceptors (Lipinski definition) is 19. The second kappa shape index (κ2) is 28.4. The summed E-state index contributed by atoms with van der Waals surface area (Å²) < 4.78 is 10.5. The Morgan fingerprint density at radius 1 is 0.602 bits per heavy atom. The van der Waals surface area contributed by atoms with Crippen LogP contribution in [0.3, 0.4) is 0 Å². The van der Waals surface area contributed by atoms with Crippen molar-refractivity contribution in [3.05, 3.63) is 0 Å². The van der Waals surface area contributed by atoms with E-state index in [2.05, 4.69) is 57.1 Å². The van der Waals surface area contributed by atoms with Crippen LogP contribution in [-0.2, 0) is 28.7 Å². The van der Waals surface area contributed by atoms with E-state index in [0.29, 0.717) is 70.8 Å². The quantitative estimate of drug-likeness (QED) is 0.0375. The predicted molar refractivity (Wildman–Crippen MR) is 320 cm³/mol. The van der Waals surface area contributed by atoms with Gasteiger partial charge in [0.05, 0.1) is 43.2 Å². The Labute approximate surface area is 520 Å². The first-order chi connectivity index (χ1) is 41.5. The Balaban J connectivity index is 0.775. The van der Waals surface area contributed by atoms with Crippen LogP contribution in [0.15, 0.2) is 0 Å². The fourth-order valence-corrected chi connectivity index (χ4v) is 21.1. The first-order valence-electron chi connectivity index (χ1n) is 34.1. The molecule has 8 saturated carbocycles. The number of carbonyl (C=O) groups is 3. The monoisotopic (exact) mass is 1250 g/mol. The molecule has 0 aromatic rings. The molecule has 0 bridgehead atoms. The average Bonchev–Trinajstić information content (AvgIpc) is 1.32. The molecule has 9 rings (SSSR count). The fraction of sp³-hybridized carbons (Fsp3) is 0.955. The zero-order valence-electron chi connectivity index (χ0n) is 53.5. The van der Waals surface area contributed by atoms with E-state index in [1.807, 2.05) is 0 Å². The summed E-state index contributed by atoms with van der Waals surface area (Å²) in [4.78, 5) is 46.9. The van der Waals surface area contributed by atoms with E-state index in [9.17, 15) is 75.7 Å². The van der Waals surface area contributed by atoms with Gasteiger partial charge in [0.25, 0.3) is 5.91 Å². The van der Waals surface area contributed by atoms with Gasteiger partial charge < -0.3 is 86.3 Å². The van der Waals surface area contributed by atoms with Crippen molar-refractivity contribution >= 4 is 17.7 Å². The van der Waals surface area contributed by atoms with Crippen LogP contribution in [-0.4, -0.2) is 208 Å². The van der Waals surface area contributed by atoms with E-state index in [0.717, 1.165) is 51.4 Å². The third-order valence-corrected chi connectivity index (χ3v) is 26.6. The molecular formula is C66H113N3O19. The molecule has 1 aliphatic heterocycles. The Kier molecular flexibility index (Phi) is 22.6. The van der Waals surface area contributed by atoms with Gasteiger partial charge >= 0.3 is 0 Å². The third-order valence-electron chi connectivity index (χ3n) is 26.6. The Morgan fingerprint density at radius 3 is 1.58 bits per heavy atom. The van der Waals surface area contributed by atoms with Crippen LogP contribution in [0.4, 0.5) is 0 Å². The zero-order valence-corrected chi connectivity index (χ0v) is 53.5. The van der Waals surface area contributed by atoms with Crippen LogP contribution in [0.1, 0.15) is 177 Å². The smallest absolute Gasteiger partial charge is 0.251 e. The Hall–Kier alpha value is -2.23. The van der Waals surface area contributed by atoms with Crippen LogP contribution < -0.4 is 10.6 Å². The molecule has 88 heavy (non-hydrogen) atoms. The van der Waals surface area contributed by atoms with Gasteiger partial charge in [0.15, 0.2) is 12.4 Å². The van der Waals surface area contributed by atoms with Crippen molar-refractivity contribution in [1.82, 2.24) is 15.5 Å². The molecule has 22 heteroatoms. The highest BCUT2D eigenvalue weighted by molar-refractivity contribution is 5.81. The third kappa shape index (κ3) is 13.4. The molecule has 0 aromatic heterocycles. The molecule has 31 atom stereocenters. The minimum Gasteiger partial charge on any atom is -0.393 e. The summed E-state index contributed by atoms with van der Waals surface area (Å²) in [5, 5.41) is 147. The van der Waals surface area contributed by atoms with Crippen molar-refractivity contribution in [2.24, 2.45) is 98.6 Å². The van der Waals surface area contributed by atoms with Gasteiger partial charge in [-0.2, -0.15) is 0 Å². The van der Waals surface area contributed by atoms with E-state index in [4.69, 9.17) is 14.7 Å². The first kappa shape index (κ1) is 70.1. The summed E-state index contributed by atoms with van der Waals surface area (Å²) in [6, 6.07) is 0. The molecule has 0 spiro atoms. The van der Waals surface area contributed by atoms with Gasteiger partial charge in [-0.1, -0.05) is 48.5 Å². The molecule has 3 amide bonds. The molecule has 8 aliphatic carbocycles. The number of aliphatic hydroxyl groups is 12. The van der Waals surface area contributed by atoms with E-state index >= 15 is 0 Å². The molecular weight excluding hydrogens is 1140 g/mol. The molecule has 1 heterocycles. The molecule has 506 valence electrons. The highest BCUT2D eigenvalue weighted by Crippen LogP contribution is 2.70. The molecule has 20 unspecified atom stereocenters. The van der Waals surface area contributed by atoms with Crippen molar-refractivity contribution < 1.29 is 95.3 Å². The standard InChI is InChI=1S/C66H113N3O19/c1-33(40-12-14-42-53-44(30-49(75)65(40,42)6)63(4)20-18-38(70)26-36(63)28-46(53)72)10-16-51(77)67-22-8-24-69(25-9-23-68-60(84)59(83)58(82)57(81)48(74)32-86-61-55(79)35(3)56(80)62(87-61)88-85)52(78)17-11-34(2)41-13-15-43-54-45(31-50(76)66(41,43)7)64(5)21-19-39(71)27-37(64)29-47(54)73/h33-50,53-59,61-62,70-76,79-83,85H,8-32H2,1-7H3,(H,67,77)(H,68,84)/t33?,34?,35?,36?,37?,38-,39-,40?,41?,42?,43?,44?,45?,46-,47-,48?,49+,50+,53?,54?,55-,56?,57?,58?,59?,61?,62?,63+,64+,65-,66-/m1/s1. The van der Waals surface area contributed by atoms with Gasteiger partial charge in [0, 0.05) is 44.9 Å². The number of fused-ring (bicyclic) bond motifs is 10. The van der Waals surface area contributed by atoms with Gasteiger partial charge in [-0.25, -0.2) is 10.1 Å². The highest BCUT2D eigenvalue weighted by atomic mass is 17.1. The number of aliphatic hydroxyl groups excluding tert-OH is 12. The summed E-state index contributed by atoms with van der Waals surface area (Å²) in [6.07, 6.45) is -3.88. The summed E-state index contributed by atoms with van der Waals surface area (Å²) in [6.45, 7) is 14.8. The van der Waals surface area contributed by atoms with Crippen LogP contribution >= 0.6 is 0 Å². The van der Waals surface area contributed by atoms with Gasteiger partial charge in [0.1, 0.15) is 30.5 Å². The summed E-state index contributed by atoms with van der Waals surface area (Å²) in [5.74, 6) is -0.413. The lowest BCUT2D eigenvalue weighted by molar-refractivity contribution is -0.424. The zero-order chi connectivity index (χ0) is 64.1. The number of rotatable bonds is 24. The summed E-state index contributed by atoms with van der Waals surface area (Å²) in [5.41, 5.74) is -0.907. The molecule has 22 nitrogen and oxygen atoms in total. The topological polar surface area (TPSA) is 369 Å². The predicted octanol–water partition coefficient (Wildman–Crippen LogP) is 2.57. The van der Waals surface area contributed by atoms with E-state index in [1.165, 1.54) is 6.92 Å². The largest absolute Gasteiger partial charge is 0.393 e. The SMILES string of the molecule is CC(CCC(=O)NCCCN(CCCNC(=O)C(O)C(O)C(O)C(O)COC1OC(OO)C(O)C(C)[C@H]1O)C(=O)CCC(C)C1CCC2C3C(C[C@H](O)[C@]12C)[C@@]1(C)CC[C@@H](O)CC1C[C@H]3O)C1CCC2C3C(C[C@H](O)[C@]12C)[C@@]1(C)CC[C@@H](O)CC1C[C@H]3O. The van der Waals surface area contributed by atoms with Crippen LogP contribution in [0.2, 0.25) is 0 Å². The minimum atomic E-state index is -2.21. The first-order valence-corrected chi connectivity index (χ1v) is 34.1. The number of ether oxygens (including phenoxy) is 2. The second-order valence-electron chi connectivity index (χ2n) is 31.0. The Bertz CT molecular complexity index is 2340. The number of nitrogens with one attached hydrogen (secondary N) is 2. The lowest BCUT2D eigenvalue weighted by atomic mass is 9.43. The van der Waals surface area contributed by atoms with Crippen molar-refractivity contribution in [3.63, 3.8) is 0 Å². The number of carbonyl (C=O) groups excluding carboxylic acids is 3. The number of hydrogen-bond donors (Lipinski definition) is 15.